The molecule has 4 nitrogen and oxygen atoms in total. The highest BCUT2D eigenvalue weighted by atomic mass is 127. The van der Waals surface area contributed by atoms with Gasteiger partial charge in [0.15, 0.2) is 0 Å². The molecule has 0 radical (unpaired) electrons. The zero-order chi connectivity index (χ0) is 10.7. The fourth-order valence-electron chi connectivity index (χ4n) is 1.26. The molecule has 1 aromatic heterocycles. The minimum atomic E-state index is -0.0184. The molecule has 5 heteroatoms. The standard InChI is InChI=1S/C10H9IN2O2/c11-7-1-2-9-8(5-7)10(13-6-12-9)15-4-3-14/h1-2,5-6,14H,3-4H2. The summed E-state index contributed by atoms with van der Waals surface area (Å²) in [6.07, 6.45) is 1.46. The first-order valence-electron chi connectivity index (χ1n) is 4.45. The van der Waals surface area contributed by atoms with Crippen molar-refractivity contribution in [2.75, 3.05) is 13.2 Å². The molecular weight excluding hydrogens is 307 g/mol. The normalized spacial score (nSPS) is 10.5. The number of hydrogen-bond donors (Lipinski definition) is 1. The molecule has 0 saturated carbocycles. The first-order chi connectivity index (χ1) is 7.31. The van der Waals surface area contributed by atoms with E-state index < -0.39 is 0 Å². The van der Waals surface area contributed by atoms with Crippen LogP contribution in [0.25, 0.3) is 10.9 Å². The molecule has 1 N–H and O–H groups in total. The third-order valence-electron chi connectivity index (χ3n) is 1.89. The highest BCUT2D eigenvalue weighted by Crippen LogP contribution is 2.22. The smallest absolute Gasteiger partial charge is 0.224 e. The molecule has 1 heterocycles. The molecule has 0 atom stereocenters. The van der Waals surface area contributed by atoms with E-state index in [9.17, 15) is 0 Å². The lowest BCUT2D eigenvalue weighted by atomic mass is 10.2. The predicted molar refractivity (Wildman–Crippen MR) is 64.8 cm³/mol. The van der Waals surface area contributed by atoms with E-state index in [0.717, 1.165) is 14.5 Å². The molecule has 1 aromatic carbocycles. The Kier molecular flexibility index (Phi) is 3.32. The van der Waals surface area contributed by atoms with Gasteiger partial charge in [0.2, 0.25) is 5.88 Å². The van der Waals surface area contributed by atoms with Crippen molar-refractivity contribution in [1.82, 2.24) is 9.97 Å². The lowest BCUT2D eigenvalue weighted by Crippen LogP contribution is -2.03. The van der Waals surface area contributed by atoms with Crippen molar-refractivity contribution in [2.24, 2.45) is 0 Å². The Labute approximate surface area is 100 Å². The van der Waals surface area contributed by atoms with Crippen LogP contribution in [0.5, 0.6) is 5.88 Å². The molecule has 15 heavy (non-hydrogen) atoms. The number of fused-ring (bicyclic) bond motifs is 1. The summed E-state index contributed by atoms with van der Waals surface area (Å²) in [7, 11) is 0. The summed E-state index contributed by atoms with van der Waals surface area (Å²) < 4.78 is 6.42. The Morgan fingerprint density at radius 2 is 2.20 bits per heavy atom. The largest absolute Gasteiger partial charge is 0.475 e. The summed E-state index contributed by atoms with van der Waals surface area (Å²) in [4.78, 5) is 8.17. The molecule has 0 unspecified atom stereocenters. The number of aromatic nitrogens is 2. The number of rotatable bonds is 3. The van der Waals surface area contributed by atoms with Gasteiger partial charge in [-0.3, -0.25) is 0 Å². The van der Waals surface area contributed by atoms with E-state index in [0.29, 0.717) is 5.88 Å². The van der Waals surface area contributed by atoms with Crippen LogP contribution in [0, 0.1) is 3.57 Å². The lowest BCUT2D eigenvalue weighted by Gasteiger charge is -2.06. The van der Waals surface area contributed by atoms with Gasteiger partial charge >= 0.3 is 0 Å². The van der Waals surface area contributed by atoms with E-state index in [1.807, 2.05) is 18.2 Å². The number of ether oxygens (including phenoxy) is 1. The SMILES string of the molecule is OCCOc1ncnc2ccc(I)cc12. The van der Waals surface area contributed by atoms with Gasteiger partial charge in [-0.15, -0.1) is 0 Å². The van der Waals surface area contributed by atoms with Crippen LogP contribution in [-0.2, 0) is 0 Å². The summed E-state index contributed by atoms with van der Waals surface area (Å²) >= 11 is 2.22. The van der Waals surface area contributed by atoms with Crippen LogP contribution in [0.4, 0.5) is 0 Å². The second kappa shape index (κ2) is 4.71. The maximum atomic E-state index is 8.68. The van der Waals surface area contributed by atoms with Crippen LogP contribution >= 0.6 is 22.6 Å². The van der Waals surface area contributed by atoms with Crippen molar-refractivity contribution >= 4 is 33.5 Å². The average Bonchev–Trinajstić information content (AvgIpc) is 2.26. The van der Waals surface area contributed by atoms with Gasteiger partial charge < -0.3 is 9.84 Å². The van der Waals surface area contributed by atoms with Crippen LogP contribution in [0.2, 0.25) is 0 Å². The minimum absolute atomic E-state index is 0.0184. The number of halogens is 1. The Bertz CT molecular complexity index is 476. The first kappa shape index (κ1) is 10.6. The van der Waals surface area contributed by atoms with Gasteiger partial charge in [-0.1, -0.05) is 0 Å². The van der Waals surface area contributed by atoms with Crippen molar-refractivity contribution in [3.8, 4) is 5.88 Å². The molecule has 0 aliphatic rings. The van der Waals surface area contributed by atoms with Crippen molar-refractivity contribution < 1.29 is 9.84 Å². The molecule has 0 bridgehead atoms. The van der Waals surface area contributed by atoms with E-state index in [1.54, 1.807) is 0 Å². The predicted octanol–water partition coefficient (Wildman–Crippen LogP) is 1.61. The van der Waals surface area contributed by atoms with Gasteiger partial charge in [0.25, 0.3) is 0 Å². The lowest BCUT2D eigenvalue weighted by molar-refractivity contribution is 0.198. The fourth-order valence-corrected chi connectivity index (χ4v) is 1.75. The Morgan fingerprint density at radius 3 is 3.00 bits per heavy atom. The van der Waals surface area contributed by atoms with E-state index in [2.05, 4.69) is 32.6 Å². The van der Waals surface area contributed by atoms with E-state index in [1.165, 1.54) is 6.33 Å². The van der Waals surface area contributed by atoms with Gasteiger partial charge in [-0.25, -0.2) is 9.97 Å². The number of benzene rings is 1. The van der Waals surface area contributed by atoms with Crippen molar-refractivity contribution in [3.63, 3.8) is 0 Å². The zero-order valence-electron chi connectivity index (χ0n) is 7.85. The first-order valence-corrected chi connectivity index (χ1v) is 5.53. The number of hydrogen-bond acceptors (Lipinski definition) is 4. The highest BCUT2D eigenvalue weighted by Gasteiger charge is 2.04. The summed E-state index contributed by atoms with van der Waals surface area (Å²) in [5.41, 5.74) is 0.846. The van der Waals surface area contributed by atoms with Gasteiger partial charge in [-0.2, -0.15) is 0 Å². The summed E-state index contributed by atoms with van der Waals surface area (Å²) in [5, 5.41) is 9.56. The second-order valence-corrected chi connectivity index (χ2v) is 4.16. The minimum Gasteiger partial charge on any atom is -0.475 e. The van der Waals surface area contributed by atoms with Crippen LogP contribution in [0.3, 0.4) is 0 Å². The fraction of sp³-hybridized carbons (Fsp3) is 0.200. The van der Waals surface area contributed by atoms with E-state index >= 15 is 0 Å². The van der Waals surface area contributed by atoms with Crippen molar-refractivity contribution in [1.29, 1.82) is 0 Å². The molecule has 0 aliphatic carbocycles. The Hall–Kier alpha value is -0.950. The second-order valence-electron chi connectivity index (χ2n) is 2.91. The molecule has 0 amide bonds. The molecule has 0 aliphatic heterocycles. The molecule has 2 rings (SSSR count). The van der Waals surface area contributed by atoms with Gasteiger partial charge in [0.05, 0.1) is 17.5 Å². The van der Waals surface area contributed by atoms with Crippen LogP contribution in [-0.4, -0.2) is 28.3 Å². The zero-order valence-corrected chi connectivity index (χ0v) is 10.0. The Morgan fingerprint density at radius 1 is 1.33 bits per heavy atom. The molecule has 0 spiro atoms. The number of aliphatic hydroxyl groups excluding tert-OH is 1. The molecule has 78 valence electrons. The Balaban J connectivity index is 2.48. The molecule has 2 aromatic rings. The molecule has 0 fully saturated rings. The van der Waals surface area contributed by atoms with Crippen LogP contribution in [0.15, 0.2) is 24.5 Å². The number of nitrogens with zero attached hydrogens (tertiary/aromatic N) is 2. The van der Waals surface area contributed by atoms with Gasteiger partial charge in [-0.05, 0) is 40.8 Å². The molecular formula is C10H9IN2O2. The number of aliphatic hydroxyl groups is 1. The summed E-state index contributed by atoms with van der Waals surface area (Å²) in [5.74, 6) is 0.521. The van der Waals surface area contributed by atoms with Crippen LogP contribution in [0.1, 0.15) is 0 Å². The maximum Gasteiger partial charge on any atom is 0.224 e. The maximum absolute atomic E-state index is 8.68. The summed E-state index contributed by atoms with van der Waals surface area (Å²) in [6, 6.07) is 5.86. The van der Waals surface area contributed by atoms with Crippen molar-refractivity contribution in [3.05, 3.63) is 28.1 Å². The highest BCUT2D eigenvalue weighted by molar-refractivity contribution is 14.1. The summed E-state index contributed by atoms with van der Waals surface area (Å²) in [6.45, 7) is 0.229. The average molecular weight is 316 g/mol. The third-order valence-corrected chi connectivity index (χ3v) is 2.56. The monoisotopic (exact) mass is 316 g/mol. The molecule has 0 saturated heterocycles. The van der Waals surface area contributed by atoms with Gasteiger partial charge in [0.1, 0.15) is 12.9 Å². The van der Waals surface area contributed by atoms with E-state index in [4.69, 9.17) is 9.84 Å². The van der Waals surface area contributed by atoms with E-state index in [-0.39, 0.29) is 13.2 Å². The topological polar surface area (TPSA) is 55.2 Å². The quantitative estimate of drug-likeness (QED) is 0.874. The van der Waals surface area contributed by atoms with Gasteiger partial charge in [0, 0.05) is 3.57 Å². The van der Waals surface area contributed by atoms with Crippen LogP contribution < -0.4 is 4.74 Å². The third kappa shape index (κ3) is 2.35. The van der Waals surface area contributed by atoms with Crippen molar-refractivity contribution in [2.45, 2.75) is 0 Å².